The Kier molecular flexibility index (Phi) is 7.83. The highest BCUT2D eigenvalue weighted by molar-refractivity contribution is 9.10. The van der Waals surface area contributed by atoms with Crippen LogP contribution in [0.25, 0.3) is 0 Å². The van der Waals surface area contributed by atoms with Gasteiger partial charge in [-0.15, -0.1) is 0 Å². The van der Waals surface area contributed by atoms with Gasteiger partial charge in [0.25, 0.3) is 0 Å². The summed E-state index contributed by atoms with van der Waals surface area (Å²) in [5.74, 6) is 0. The number of rotatable bonds is 9. The Hall–Kier alpha value is -0.470. The zero-order valence-corrected chi connectivity index (χ0v) is 15.1. The Morgan fingerprint density at radius 3 is 2.62 bits per heavy atom. The molecule has 0 aliphatic rings. The molecule has 0 unspecified atom stereocenters. The van der Waals surface area contributed by atoms with Gasteiger partial charge in [0.2, 0.25) is 10.0 Å². The molecule has 7 heteroatoms. The smallest absolute Gasteiger partial charge is 0.244 e. The molecule has 0 bridgehead atoms. The summed E-state index contributed by atoms with van der Waals surface area (Å²) in [6.07, 6.45) is 0. The third-order valence-corrected chi connectivity index (χ3v) is 5.85. The number of likely N-dealkylation sites (N-methyl/N-ethyl adjacent to an activating group) is 1. The first-order valence-corrected chi connectivity index (χ1v) is 9.20. The summed E-state index contributed by atoms with van der Waals surface area (Å²) in [5, 5.41) is 3.21. The molecule has 0 amide bonds. The first-order valence-electron chi connectivity index (χ1n) is 6.96. The van der Waals surface area contributed by atoms with Gasteiger partial charge in [-0.2, -0.15) is 4.31 Å². The van der Waals surface area contributed by atoms with Gasteiger partial charge in [0, 0.05) is 31.2 Å². The lowest BCUT2D eigenvalue weighted by Crippen LogP contribution is -2.30. The fraction of sp³-hybridized carbons (Fsp3) is 0.571. The maximum absolute atomic E-state index is 12.5. The second-order valence-corrected chi connectivity index (χ2v) is 7.44. The van der Waals surface area contributed by atoms with Gasteiger partial charge in [0.15, 0.2) is 0 Å². The lowest BCUT2D eigenvalue weighted by atomic mass is 10.2. The van der Waals surface area contributed by atoms with Crippen LogP contribution in [0.1, 0.15) is 19.4 Å². The minimum atomic E-state index is -3.50. The van der Waals surface area contributed by atoms with Crippen LogP contribution in [0.2, 0.25) is 0 Å². The molecule has 1 rings (SSSR count). The predicted octanol–water partition coefficient (Wildman–Crippen LogP) is 2.22. The quantitative estimate of drug-likeness (QED) is 0.669. The largest absolute Gasteiger partial charge is 0.380 e. The van der Waals surface area contributed by atoms with E-state index in [4.69, 9.17) is 4.74 Å². The maximum Gasteiger partial charge on any atom is 0.244 e. The van der Waals surface area contributed by atoms with Crippen molar-refractivity contribution >= 4 is 26.0 Å². The summed E-state index contributed by atoms with van der Waals surface area (Å²) in [7, 11) is -1.94. The van der Waals surface area contributed by atoms with Crippen LogP contribution in [-0.4, -0.2) is 46.1 Å². The van der Waals surface area contributed by atoms with Crippen LogP contribution in [-0.2, 0) is 21.3 Å². The van der Waals surface area contributed by atoms with Gasteiger partial charge in [-0.3, -0.25) is 0 Å². The molecule has 1 N–H and O–H groups in total. The Labute approximate surface area is 135 Å². The summed E-state index contributed by atoms with van der Waals surface area (Å²) in [6.45, 7) is 6.81. The van der Waals surface area contributed by atoms with E-state index in [1.807, 2.05) is 26.0 Å². The van der Waals surface area contributed by atoms with Crippen molar-refractivity contribution < 1.29 is 13.2 Å². The van der Waals surface area contributed by atoms with E-state index < -0.39 is 10.0 Å². The Bertz CT molecular complexity index is 549. The van der Waals surface area contributed by atoms with Crippen LogP contribution in [0.5, 0.6) is 0 Å². The number of nitrogens with one attached hydrogen (secondary N) is 1. The first kappa shape index (κ1) is 18.6. The number of sulfonamides is 1. The molecule has 0 saturated heterocycles. The van der Waals surface area contributed by atoms with Crippen LogP contribution in [0, 0.1) is 0 Å². The Morgan fingerprint density at radius 1 is 1.33 bits per heavy atom. The molecule has 1 aromatic carbocycles. The summed E-state index contributed by atoms with van der Waals surface area (Å²) < 4.78 is 32.1. The highest BCUT2D eigenvalue weighted by Crippen LogP contribution is 2.25. The van der Waals surface area contributed by atoms with Crippen molar-refractivity contribution in [3.05, 3.63) is 28.2 Å². The summed E-state index contributed by atoms with van der Waals surface area (Å²) in [5.41, 5.74) is 1.04. The van der Waals surface area contributed by atoms with Gasteiger partial charge in [0.1, 0.15) is 0 Å². The highest BCUT2D eigenvalue weighted by atomic mass is 79.9. The van der Waals surface area contributed by atoms with E-state index in [0.29, 0.717) is 24.2 Å². The molecule has 0 atom stereocenters. The minimum absolute atomic E-state index is 0.279. The third kappa shape index (κ3) is 5.34. The standard InChI is InChI=1S/C14H23BrN2O3S/c1-4-16-11-12-6-7-14(13(15)10-12)21(18,19)17(3)8-9-20-5-2/h6-7,10,16H,4-5,8-9,11H2,1-3H3. The van der Waals surface area contributed by atoms with E-state index in [1.54, 1.807) is 13.1 Å². The molecular formula is C14H23BrN2O3S. The molecule has 0 aliphatic carbocycles. The summed E-state index contributed by atoms with van der Waals surface area (Å²) in [4.78, 5) is 0.279. The van der Waals surface area contributed by atoms with Crippen LogP contribution in [0.4, 0.5) is 0 Å². The lowest BCUT2D eigenvalue weighted by Gasteiger charge is -2.18. The van der Waals surface area contributed by atoms with Crippen molar-refractivity contribution in [3.8, 4) is 0 Å². The van der Waals surface area contributed by atoms with Crippen molar-refractivity contribution in [2.45, 2.75) is 25.3 Å². The second kappa shape index (κ2) is 8.85. The number of halogens is 1. The van der Waals surface area contributed by atoms with Gasteiger partial charge >= 0.3 is 0 Å². The molecule has 0 spiro atoms. The predicted molar refractivity (Wildman–Crippen MR) is 87.8 cm³/mol. The molecule has 0 saturated carbocycles. The average Bonchev–Trinajstić information content (AvgIpc) is 2.45. The second-order valence-electron chi connectivity index (χ2n) is 4.57. The van der Waals surface area contributed by atoms with Crippen LogP contribution in [0.3, 0.4) is 0 Å². The number of nitrogens with zero attached hydrogens (tertiary/aromatic N) is 1. The number of ether oxygens (including phenoxy) is 1. The molecule has 21 heavy (non-hydrogen) atoms. The van der Waals surface area contributed by atoms with Crippen molar-refractivity contribution in [1.82, 2.24) is 9.62 Å². The molecule has 5 nitrogen and oxygen atoms in total. The molecule has 0 fully saturated rings. The van der Waals surface area contributed by atoms with E-state index in [9.17, 15) is 8.42 Å². The van der Waals surface area contributed by atoms with E-state index in [1.165, 1.54) is 4.31 Å². The minimum Gasteiger partial charge on any atom is -0.380 e. The Morgan fingerprint density at radius 2 is 2.05 bits per heavy atom. The molecule has 0 aliphatic heterocycles. The molecule has 0 aromatic heterocycles. The van der Waals surface area contributed by atoms with Gasteiger partial charge in [0.05, 0.1) is 11.5 Å². The molecule has 0 radical (unpaired) electrons. The van der Waals surface area contributed by atoms with Crippen LogP contribution < -0.4 is 5.32 Å². The average molecular weight is 379 g/mol. The third-order valence-electron chi connectivity index (χ3n) is 3.02. The van der Waals surface area contributed by atoms with E-state index in [2.05, 4.69) is 21.2 Å². The molecule has 1 aromatic rings. The lowest BCUT2D eigenvalue weighted by molar-refractivity contribution is 0.138. The normalized spacial score (nSPS) is 12.0. The van der Waals surface area contributed by atoms with Gasteiger partial charge in [-0.25, -0.2) is 8.42 Å². The molecule has 120 valence electrons. The van der Waals surface area contributed by atoms with E-state index in [-0.39, 0.29) is 4.90 Å². The fourth-order valence-corrected chi connectivity index (χ4v) is 3.99. The van der Waals surface area contributed by atoms with Gasteiger partial charge < -0.3 is 10.1 Å². The fourth-order valence-electron chi connectivity index (χ4n) is 1.76. The van der Waals surface area contributed by atoms with Crippen LogP contribution >= 0.6 is 15.9 Å². The number of hydrogen-bond donors (Lipinski definition) is 1. The van der Waals surface area contributed by atoms with Crippen LogP contribution in [0.15, 0.2) is 27.6 Å². The zero-order valence-electron chi connectivity index (χ0n) is 12.7. The topological polar surface area (TPSA) is 58.6 Å². The van der Waals surface area contributed by atoms with Crippen molar-refractivity contribution in [3.63, 3.8) is 0 Å². The monoisotopic (exact) mass is 378 g/mol. The van der Waals surface area contributed by atoms with Gasteiger partial charge in [-0.05, 0) is 47.1 Å². The zero-order chi connectivity index (χ0) is 15.9. The molecule has 0 heterocycles. The molecular weight excluding hydrogens is 356 g/mol. The first-order chi connectivity index (χ1) is 9.93. The van der Waals surface area contributed by atoms with Gasteiger partial charge in [-0.1, -0.05) is 13.0 Å². The SMILES string of the molecule is CCNCc1ccc(S(=O)(=O)N(C)CCOCC)c(Br)c1. The van der Waals surface area contributed by atoms with Crippen molar-refractivity contribution in [1.29, 1.82) is 0 Å². The number of hydrogen-bond acceptors (Lipinski definition) is 4. The van der Waals surface area contributed by atoms with E-state index in [0.717, 1.165) is 18.7 Å². The number of benzene rings is 1. The summed E-state index contributed by atoms with van der Waals surface area (Å²) >= 11 is 3.36. The van der Waals surface area contributed by atoms with E-state index >= 15 is 0 Å². The maximum atomic E-state index is 12.5. The Balaban J connectivity index is 2.87. The highest BCUT2D eigenvalue weighted by Gasteiger charge is 2.23. The summed E-state index contributed by atoms with van der Waals surface area (Å²) in [6, 6.07) is 5.31. The van der Waals surface area contributed by atoms with Crippen molar-refractivity contribution in [2.24, 2.45) is 0 Å². The van der Waals surface area contributed by atoms with Crippen molar-refractivity contribution in [2.75, 3.05) is 33.4 Å².